The van der Waals surface area contributed by atoms with Crippen LogP contribution in [0.15, 0.2) is 72.8 Å². The molecule has 9 atom stereocenters. The molecule has 7 N–H and O–H groups in total. The molecule has 15 nitrogen and oxygen atoms in total. The van der Waals surface area contributed by atoms with Crippen LogP contribution in [0.1, 0.15) is 34.0 Å². The molecular formula is C35H36O15. The molecule has 266 valence electrons. The van der Waals surface area contributed by atoms with Crippen molar-refractivity contribution >= 4 is 17.8 Å². The molecule has 6 rings (SSSR count). The Morgan fingerprint density at radius 2 is 1.66 bits per heavy atom. The van der Waals surface area contributed by atoms with Gasteiger partial charge in [-0.2, -0.15) is 0 Å². The van der Waals surface area contributed by atoms with Gasteiger partial charge in [-0.25, -0.2) is 4.79 Å². The van der Waals surface area contributed by atoms with Crippen LogP contribution in [0.2, 0.25) is 0 Å². The Morgan fingerprint density at radius 3 is 2.38 bits per heavy atom. The summed E-state index contributed by atoms with van der Waals surface area (Å²) < 4.78 is 33.9. The van der Waals surface area contributed by atoms with Gasteiger partial charge < -0.3 is 64.2 Å². The van der Waals surface area contributed by atoms with Crippen LogP contribution in [-0.4, -0.2) is 116 Å². The van der Waals surface area contributed by atoms with Crippen LogP contribution in [0, 0.1) is 0 Å². The molecule has 9 unspecified atom stereocenters. The lowest BCUT2D eigenvalue weighted by Crippen LogP contribution is -2.62. The molecule has 15 heteroatoms. The van der Waals surface area contributed by atoms with E-state index in [0.29, 0.717) is 16.7 Å². The molecule has 2 saturated heterocycles. The first kappa shape index (κ1) is 35.3. The molecule has 3 aliphatic rings. The van der Waals surface area contributed by atoms with Crippen LogP contribution >= 0.6 is 0 Å². The number of ketones is 1. The molecule has 0 radical (unpaired) electrons. The van der Waals surface area contributed by atoms with Crippen molar-refractivity contribution in [3.05, 3.63) is 89.5 Å². The number of carbonyl (C=O) groups is 2. The van der Waals surface area contributed by atoms with E-state index in [9.17, 15) is 45.3 Å². The third kappa shape index (κ3) is 7.60. The predicted octanol–water partition coefficient (Wildman–Crippen LogP) is 0.712. The molecule has 0 bridgehead atoms. The number of fused-ring (bicyclic) bond motifs is 1. The van der Waals surface area contributed by atoms with E-state index < -0.39 is 80.6 Å². The van der Waals surface area contributed by atoms with Crippen LogP contribution < -0.4 is 9.47 Å². The van der Waals surface area contributed by atoms with Crippen LogP contribution in [0.4, 0.5) is 0 Å². The van der Waals surface area contributed by atoms with Crippen molar-refractivity contribution in [2.24, 2.45) is 0 Å². The van der Waals surface area contributed by atoms with Crippen molar-refractivity contribution in [1.29, 1.82) is 0 Å². The summed E-state index contributed by atoms with van der Waals surface area (Å²) in [5.74, 6) is -0.515. The normalized spacial score (nSPS) is 30.9. The number of phenols is 2. The van der Waals surface area contributed by atoms with Crippen molar-refractivity contribution in [3.8, 4) is 23.0 Å². The maximum atomic E-state index is 12.7. The summed E-state index contributed by atoms with van der Waals surface area (Å²) in [5.41, 5.74) is -0.508. The van der Waals surface area contributed by atoms with Crippen LogP contribution in [-0.2, 0) is 23.7 Å². The van der Waals surface area contributed by atoms with Gasteiger partial charge in [0.15, 0.2) is 23.8 Å². The van der Waals surface area contributed by atoms with E-state index in [0.717, 1.165) is 6.08 Å². The Hall–Kier alpha value is -4.58. The summed E-state index contributed by atoms with van der Waals surface area (Å²) in [4.78, 5) is 24.9. The molecule has 0 saturated carbocycles. The van der Waals surface area contributed by atoms with Crippen LogP contribution in [0.25, 0.3) is 6.08 Å². The number of rotatable bonds is 10. The van der Waals surface area contributed by atoms with Gasteiger partial charge in [-0.05, 0) is 53.6 Å². The zero-order valence-electron chi connectivity index (χ0n) is 26.3. The highest BCUT2D eigenvalue weighted by molar-refractivity contribution is 6.00. The van der Waals surface area contributed by atoms with Gasteiger partial charge >= 0.3 is 5.97 Å². The van der Waals surface area contributed by atoms with E-state index in [4.69, 9.17) is 28.4 Å². The molecule has 2 fully saturated rings. The van der Waals surface area contributed by atoms with Gasteiger partial charge in [0.1, 0.15) is 60.1 Å². The molecule has 3 heterocycles. The van der Waals surface area contributed by atoms with E-state index in [1.807, 2.05) is 0 Å². The summed E-state index contributed by atoms with van der Waals surface area (Å²) in [6.45, 7) is -1.88. The summed E-state index contributed by atoms with van der Waals surface area (Å²) >= 11 is 0. The molecular weight excluding hydrogens is 660 g/mol. The Balaban J connectivity index is 1.10. The molecule has 3 aliphatic heterocycles. The van der Waals surface area contributed by atoms with Gasteiger partial charge in [-0.1, -0.05) is 24.3 Å². The number of hydrogen-bond donors (Lipinski definition) is 7. The fourth-order valence-corrected chi connectivity index (χ4v) is 5.74. The van der Waals surface area contributed by atoms with Crippen molar-refractivity contribution in [2.75, 3.05) is 19.8 Å². The Morgan fingerprint density at radius 1 is 0.940 bits per heavy atom. The van der Waals surface area contributed by atoms with Crippen molar-refractivity contribution in [3.63, 3.8) is 0 Å². The quantitative estimate of drug-likeness (QED) is 0.114. The number of ether oxygens (including phenoxy) is 6. The van der Waals surface area contributed by atoms with E-state index in [-0.39, 0.29) is 35.2 Å². The van der Waals surface area contributed by atoms with Gasteiger partial charge in [0, 0.05) is 12.1 Å². The van der Waals surface area contributed by atoms with Gasteiger partial charge in [0.05, 0.1) is 25.2 Å². The van der Waals surface area contributed by atoms with E-state index >= 15 is 0 Å². The van der Waals surface area contributed by atoms with Crippen LogP contribution in [0.3, 0.4) is 0 Å². The summed E-state index contributed by atoms with van der Waals surface area (Å²) in [5, 5.41) is 72.4. The molecule has 0 spiro atoms. The first-order valence-electron chi connectivity index (χ1n) is 15.7. The third-order valence-electron chi connectivity index (χ3n) is 8.60. The summed E-state index contributed by atoms with van der Waals surface area (Å²) in [7, 11) is 0. The molecule has 0 aliphatic carbocycles. The largest absolute Gasteiger partial charge is 0.508 e. The monoisotopic (exact) mass is 696 g/mol. The predicted molar refractivity (Wildman–Crippen MR) is 169 cm³/mol. The number of hydrogen-bond acceptors (Lipinski definition) is 15. The second kappa shape index (κ2) is 14.7. The highest BCUT2D eigenvalue weighted by Gasteiger charge is 2.54. The van der Waals surface area contributed by atoms with Gasteiger partial charge in [0.25, 0.3) is 0 Å². The molecule has 50 heavy (non-hydrogen) atoms. The van der Waals surface area contributed by atoms with Crippen molar-refractivity contribution in [1.82, 2.24) is 0 Å². The highest BCUT2D eigenvalue weighted by Crippen LogP contribution is 2.38. The zero-order chi connectivity index (χ0) is 35.6. The average molecular weight is 697 g/mol. The minimum Gasteiger partial charge on any atom is -0.508 e. The van der Waals surface area contributed by atoms with Gasteiger partial charge in [-0.3, -0.25) is 4.79 Å². The number of aromatic hydroxyl groups is 2. The Labute approximate surface area is 285 Å². The maximum absolute atomic E-state index is 12.7. The minimum atomic E-state index is -2.10. The SMILES string of the molecule is O=C(C=Cc1ccc(O)cc1)OCC1(O)COC(OC2C(Oc3ccc(C4CC(=O)c5ccc(O)cc5O4)cc3)OC(CO)C(O)C2O)C1O. The number of phenolic OH excluding ortho intramolecular Hbond substituents is 2. The number of benzene rings is 3. The third-order valence-corrected chi connectivity index (χ3v) is 8.60. The molecule has 3 aromatic carbocycles. The number of carbonyl (C=O) groups excluding carboxylic acids is 2. The van der Waals surface area contributed by atoms with Crippen molar-refractivity contribution in [2.45, 2.75) is 61.2 Å². The molecule has 0 amide bonds. The lowest BCUT2D eigenvalue weighted by molar-refractivity contribution is -0.318. The molecule has 3 aromatic rings. The van der Waals surface area contributed by atoms with Crippen LogP contribution in [0.5, 0.6) is 23.0 Å². The summed E-state index contributed by atoms with van der Waals surface area (Å²) in [6, 6.07) is 16.6. The van der Waals surface area contributed by atoms with E-state index in [2.05, 4.69) is 0 Å². The van der Waals surface area contributed by atoms with Gasteiger partial charge in [-0.15, -0.1) is 0 Å². The second-order valence-corrected chi connectivity index (χ2v) is 12.2. The number of esters is 1. The highest BCUT2D eigenvalue weighted by atomic mass is 16.8. The Bertz CT molecular complexity index is 1690. The fourth-order valence-electron chi connectivity index (χ4n) is 5.74. The fraction of sp³-hybridized carbons (Fsp3) is 0.371. The molecule has 0 aromatic heterocycles. The maximum Gasteiger partial charge on any atom is 0.330 e. The van der Waals surface area contributed by atoms with E-state index in [1.165, 1.54) is 48.5 Å². The zero-order valence-corrected chi connectivity index (χ0v) is 26.3. The first-order chi connectivity index (χ1) is 23.9. The lowest BCUT2D eigenvalue weighted by Gasteiger charge is -2.42. The summed E-state index contributed by atoms with van der Waals surface area (Å²) in [6.07, 6.45) is -9.03. The number of Topliss-reactive ketones (excluding diaryl/α,β-unsaturated/α-hetero) is 1. The topological polar surface area (TPSA) is 231 Å². The number of aliphatic hydroxyl groups is 5. The smallest absolute Gasteiger partial charge is 0.330 e. The standard InChI is InChI=1S/C35H36O15/c36-15-27-29(41)30(42)31(50-34-32(43)35(44,17-46-34)16-45-28(40)12-3-18-1-6-20(37)7-2-18)33(49-27)47-22-9-4-19(5-10-22)25-14-24(39)23-11-8-21(38)13-26(23)48-25/h1-13,25,27,29-34,36-38,41-44H,14-17H2. The first-order valence-corrected chi connectivity index (χ1v) is 15.7. The second-order valence-electron chi connectivity index (χ2n) is 12.2. The Kier molecular flexibility index (Phi) is 10.4. The van der Waals surface area contributed by atoms with Crippen molar-refractivity contribution < 1.29 is 73.8 Å². The minimum absolute atomic E-state index is 0.0436. The van der Waals surface area contributed by atoms with Gasteiger partial charge in [0.2, 0.25) is 6.29 Å². The van der Waals surface area contributed by atoms with E-state index in [1.54, 1.807) is 24.3 Å². The lowest BCUT2D eigenvalue weighted by atomic mass is 9.96. The number of aliphatic hydroxyl groups excluding tert-OH is 4. The average Bonchev–Trinajstić information content (AvgIpc) is 3.39.